The van der Waals surface area contributed by atoms with Crippen molar-refractivity contribution in [2.24, 2.45) is 10.7 Å². The maximum absolute atomic E-state index is 9.71. The molecule has 0 saturated heterocycles. The van der Waals surface area contributed by atoms with Crippen molar-refractivity contribution >= 4 is 6.21 Å². The van der Waals surface area contributed by atoms with E-state index in [9.17, 15) is 5.11 Å². The zero-order chi connectivity index (χ0) is 12.3. The lowest BCUT2D eigenvalue weighted by Gasteiger charge is -2.25. The Labute approximate surface area is 102 Å². The Hall–Kier alpha value is -1.35. The molecule has 3 nitrogen and oxygen atoms in total. The van der Waals surface area contributed by atoms with Crippen molar-refractivity contribution in [1.29, 1.82) is 0 Å². The number of rotatable bonds is 2. The molecule has 1 fully saturated rings. The van der Waals surface area contributed by atoms with Crippen molar-refractivity contribution in [3.8, 4) is 5.75 Å². The van der Waals surface area contributed by atoms with Crippen LogP contribution in [0.3, 0.4) is 0 Å². The lowest BCUT2D eigenvalue weighted by atomic mass is 9.91. The third-order valence-electron chi connectivity index (χ3n) is 3.37. The first-order valence-corrected chi connectivity index (χ1v) is 6.25. The lowest BCUT2D eigenvalue weighted by molar-refractivity contribution is 0.387. The van der Waals surface area contributed by atoms with Crippen molar-refractivity contribution in [1.82, 2.24) is 0 Å². The minimum atomic E-state index is 0.173. The van der Waals surface area contributed by atoms with Gasteiger partial charge in [0.15, 0.2) is 0 Å². The minimum Gasteiger partial charge on any atom is -0.507 e. The molecule has 0 spiro atoms. The Bertz CT molecular complexity index is 415. The molecule has 1 aliphatic carbocycles. The van der Waals surface area contributed by atoms with Crippen LogP contribution in [0.5, 0.6) is 5.75 Å². The zero-order valence-corrected chi connectivity index (χ0v) is 10.3. The lowest BCUT2D eigenvalue weighted by Crippen LogP contribution is -2.36. The van der Waals surface area contributed by atoms with Gasteiger partial charge >= 0.3 is 0 Å². The standard InChI is InChI=1S/C14H20N2O/c1-10-6-7-14(17)11(8-10)9-16-13-5-3-2-4-12(13)15/h6-9,12-13,17H,2-5,15H2,1H3/t12-,13-/m1/s1. The van der Waals surface area contributed by atoms with E-state index >= 15 is 0 Å². The second-order valence-corrected chi connectivity index (χ2v) is 4.86. The van der Waals surface area contributed by atoms with Gasteiger partial charge in [0.25, 0.3) is 0 Å². The van der Waals surface area contributed by atoms with Gasteiger partial charge in [-0.1, -0.05) is 24.5 Å². The summed E-state index contributed by atoms with van der Waals surface area (Å²) in [5.74, 6) is 0.281. The van der Waals surface area contributed by atoms with Gasteiger partial charge < -0.3 is 10.8 Å². The van der Waals surface area contributed by atoms with E-state index in [2.05, 4.69) is 4.99 Å². The predicted molar refractivity (Wildman–Crippen MR) is 70.7 cm³/mol. The van der Waals surface area contributed by atoms with Crippen LogP contribution in [0, 0.1) is 6.92 Å². The maximum atomic E-state index is 9.71. The fourth-order valence-corrected chi connectivity index (χ4v) is 2.28. The largest absolute Gasteiger partial charge is 0.507 e. The quantitative estimate of drug-likeness (QED) is 0.769. The Kier molecular flexibility index (Phi) is 3.79. The van der Waals surface area contributed by atoms with Crippen LogP contribution in [0.1, 0.15) is 36.8 Å². The number of phenolic OH excluding ortho intramolecular Hbond substituents is 1. The number of hydrogen-bond donors (Lipinski definition) is 2. The summed E-state index contributed by atoms with van der Waals surface area (Å²) in [5, 5.41) is 9.71. The molecule has 0 radical (unpaired) electrons. The molecule has 0 bridgehead atoms. The number of phenols is 1. The van der Waals surface area contributed by atoms with Gasteiger partial charge in [0.05, 0.1) is 6.04 Å². The number of nitrogens with two attached hydrogens (primary N) is 1. The first-order valence-electron chi connectivity index (χ1n) is 6.25. The third-order valence-corrected chi connectivity index (χ3v) is 3.37. The summed E-state index contributed by atoms with van der Waals surface area (Å²) >= 11 is 0. The number of benzene rings is 1. The molecular weight excluding hydrogens is 212 g/mol. The van der Waals surface area contributed by atoms with Crippen LogP contribution in [0.2, 0.25) is 0 Å². The summed E-state index contributed by atoms with van der Waals surface area (Å²) in [4.78, 5) is 4.53. The highest BCUT2D eigenvalue weighted by Gasteiger charge is 2.20. The van der Waals surface area contributed by atoms with Gasteiger partial charge in [-0.15, -0.1) is 0 Å². The van der Waals surface area contributed by atoms with E-state index in [0.717, 1.165) is 24.0 Å². The van der Waals surface area contributed by atoms with Crippen molar-refractivity contribution < 1.29 is 5.11 Å². The van der Waals surface area contributed by atoms with Crippen molar-refractivity contribution in [2.45, 2.75) is 44.7 Å². The maximum Gasteiger partial charge on any atom is 0.124 e. The van der Waals surface area contributed by atoms with Crippen LogP contribution in [0.25, 0.3) is 0 Å². The van der Waals surface area contributed by atoms with E-state index in [-0.39, 0.29) is 17.8 Å². The van der Waals surface area contributed by atoms with Gasteiger partial charge in [-0.2, -0.15) is 0 Å². The molecule has 0 amide bonds. The van der Waals surface area contributed by atoms with Gasteiger partial charge in [0.1, 0.15) is 5.75 Å². The highest BCUT2D eigenvalue weighted by molar-refractivity contribution is 5.83. The van der Waals surface area contributed by atoms with E-state index in [0.29, 0.717) is 0 Å². The van der Waals surface area contributed by atoms with Gasteiger partial charge in [-0.3, -0.25) is 4.99 Å². The smallest absolute Gasteiger partial charge is 0.124 e. The van der Waals surface area contributed by atoms with E-state index in [1.54, 1.807) is 12.3 Å². The average Bonchev–Trinajstić information content (AvgIpc) is 2.32. The van der Waals surface area contributed by atoms with Crippen molar-refractivity contribution in [3.05, 3.63) is 29.3 Å². The van der Waals surface area contributed by atoms with E-state index in [1.165, 1.54) is 12.8 Å². The molecule has 3 N–H and O–H groups in total. The summed E-state index contributed by atoms with van der Waals surface area (Å²) in [7, 11) is 0. The Morgan fingerprint density at radius 2 is 2.12 bits per heavy atom. The summed E-state index contributed by atoms with van der Waals surface area (Å²) < 4.78 is 0. The molecule has 2 rings (SSSR count). The van der Waals surface area contributed by atoms with Crippen molar-refractivity contribution in [2.75, 3.05) is 0 Å². The van der Waals surface area contributed by atoms with E-state index in [4.69, 9.17) is 5.73 Å². The average molecular weight is 232 g/mol. The monoisotopic (exact) mass is 232 g/mol. The van der Waals surface area contributed by atoms with Gasteiger partial charge in [0.2, 0.25) is 0 Å². The van der Waals surface area contributed by atoms with Crippen LogP contribution in [-0.4, -0.2) is 23.4 Å². The number of aryl methyl sites for hydroxylation is 1. The minimum absolute atomic E-state index is 0.173. The van der Waals surface area contributed by atoms with E-state index < -0.39 is 0 Å². The molecule has 1 aromatic carbocycles. The normalized spacial score (nSPS) is 25.3. The Balaban J connectivity index is 2.11. The van der Waals surface area contributed by atoms with Crippen LogP contribution in [-0.2, 0) is 0 Å². The van der Waals surface area contributed by atoms with Crippen LogP contribution >= 0.6 is 0 Å². The predicted octanol–water partition coefficient (Wildman–Crippen LogP) is 2.39. The first-order chi connectivity index (χ1) is 8.16. The molecule has 1 saturated carbocycles. The van der Waals surface area contributed by atoms with Gasteiger partial charge in [-0.05, 0) is 31.9 Å². The summed E-state index contributed by atoms with van der Waals surface area (Å²) in [6, 6.07) is 5.92. The highest BCUT2D eigenvalue weighted by atomic mass is 16.3. The summed E-state index contributed by atoms with van der Waals surface area (Å²) in [6.45, 7) is 2.00. The van der Waals surface area contributed by atoms with Crippen LogP contribution in [0.4, 0.5) is 0 Å². The molecule has 0 aliphatic heterocycles. The highest BCUT2D eigenvalue weighted by Crippen LogP contribution is 2.21. The molecule has 1 aromatic rings. The third kappa shape index (κ3) is 3.07. The van der Waals surface area contributed by atoms with Crippen LogP contribution in [0.15, 0.2) is 23.2 Å². The fraction of sp³-hybridized carbons (Fsp3) is 0.500. The zero-order valence-electron chi connectivity index (χ0n) is 10.3. The molecule has 0 unspecified atom stereocenters. The molecule has 92 valence electrons. The van der Waals surface area contributed by atoms with E-state index in [1.807, 2.05) is 19.1 Å². The molecule has 3 heteroatoms. The molecule has 0 aromatic heterocycles. The van der Waals surface area contributed by atoms with Gasteiger partial charge in [0, 0.05) is 17.8 Å². The number of hydrogen-bond acceptors (Lipinski definition) is 3. The second-order valence-electron chi connectivity index (χ2n) is 4.86. The topological polar surface area (TPSA) is 58.6 Å². The second kappa shape index (κ2) is 5.32. The molecule has 1 aliphatic rings. The Morgan fingerprint density at radius 3 is 2.88 bits per heavy atom. The number of nitrogens with zero attached hydrogens (tertiary/aromatic N) is 1. The SMILES string of the molecule is Cc1ccc(O)c(C=N[C@@H]2CCCC[C@H]2N)c1. The molecular formula is C14H20N2O. The molecule has 2 atom stereocenters. The van der Waals surface area contributed by atoms with Crippen LogP contribution < -0.4 is 5.73 Å². The molecule has 0 heterocycles. The molecule has 17 heavy (non-hydrogen) atoms. The summed E-state index contributed by atoms with van der Waals surface area (Å²) in [6.07, 6.45) is 6.29. The van der Waals surface area contributed by atoms with Gasteiger partial charge in [-0.25, -0.2) is 0 Å². The van der Waals surface area contributed by atoms with Crippen molar-refractivity contribution in [3.63, 3.8) is 0 Å². The number of aliphatic imine (C=N–C) groups is 1. The summed E-state index contributed by atoms with van der Waals surface area (Å²) in [5.41, 5.74) is 7.94. The first kappa shape index (κ1) is 12.1. The number of aromatic hydroxyl groups is 1. The fourth-order valence-electron chi connectivity index (χ4n) is 2.28. The Morgan fingerprint density at radius 1 is 1.35 bits per heavy atom.